The van der Waals surface area contributed by atoms with E-state index in [1.54, 1.807) is 24.3 Å². The Kier molecular flexibility index (Phi) is 4.06. The van der Waals surface area contributed by atoms with Crippen molar-refractivity contribution in [2.24, 2.45) is 11.8 Å². The first-order chi connectivity index (χ1) is 15.1. The van der Waals surface area contributed by atoms with E-state index in [1.165, 1.54) is 26.0 Å². The van der Waals surface area contributed by atoms with Crippen molar-refractivity contribution in [3.05, 3.63) is 47.5 Å². The Balaban J connectivity index is 1.66. The summed E-state index contributed by atoms with van der Waals surface area (Å²) in [6.07, 6.45) is 0. The van der Waals surface area contributed by atoms with Gasteiger partial charge in [0.1, 0.15) is 23.0 Å². The Bertz CT molecular complexity index is 1140. The lowest BCUT2D eigenvalue weighted by atomic mass is 9.34. The maximum Gasteiger partial charge on any atom is 0.316 e. The molecule has 2 aromatic carbocycles. The Morgan fingerprint density at radius 3 is 1.47 bits per heavy atom. The molecule has 4 unspecified atom stereocenters. The fourth-order valence-corrected chi connectivity index (χ4v) is 5.69. The summed E-state index contributed by atoms with van der Waals surface area (Å²) in [5, 5.41) is 0. The molecule has 0 N–H and O–H groups in total. The number of hydrogen-bond donors (Lipinski definition) is 0. The quantitative estimate of drug-likeness (QED) is 0.523. The molecule has 5 rings (SSSR count). The van der Waals surface area contributed by atoms with Crippen LogP contribution < -0.4 is 18.9 Å². The van der Waals surface area contributed by atoms with Gasteiger partial charge in [0.25, 0.3) is 0 Å². The molecule has 1 aliphatic carbocycles. The predicted octanol–water partition coefficient (Wildman–Crippen LogP) is 2.84. The van der Waals surface area contributed by atoms with Crippen molar-refractivity contribution in [2.45, 2.75) is 38.5 Å². The molecule has 0 saturated heterocycles. The number of carbonyl (C=O) groups excluding carboxylic acids is 4. The highest BCUT2D eigenvalue weighted by molar-refractivity contribution is 5.95. The molecular weight excluding hydrogens is 416 g/mol. The standard InChI is InChI=1S/C24H20O8/c1-11(25)29-13-5-7-15-17(9-13)31-21(27)19-20-22(28)32-18-10-14(30-12(2)26)6-8-16(18)24(20,4)23(15,19)3/h5-10,19-20H,1-4H3. The van der Waals surface area contributed by atoms with Crippen molar-refractivity contribution in [1.29, 1.82) is 0 Å². The summed E-state index contributed by atoms with van der Waals surface area (Å²) in [5.74, 6) is -2.36. The van der Waals surface area contributed by atoms with Crippen LogP contribution >= 0.6 is 0 Å². The van der Waals surface area contributed by atoms with Gasteiger partial charge in [-0.3, -0.25) is 19.2 Å². The normalized spacial score (nSPS) is 29.1. The molecule has 8 nitrogen and oxygen atoms in total. The van der Waals surface area contributed by atoms with Crippen LogP contribution in [0.2, 0.25) is 0 Å². The second-order valence-electron chi connectivity index (χ2n) is 8.71. The van der Waals surface area contributed by atoms with E-state index in [0.717, 1.165) is 11.1 Å². The van der Waals surface area contributed by atoms with Gasteiger partial charge in [-0.05, 0) is 12.1 Å². The van der Waals surface area contributed by atoms with Crippen LogP contribution in [0.15, 0.2) is 36.4 Å². The number of benzene rings is 2. The van der Waals surface area contributed by atoms with Crippen molar-refractivity contribution in [3.63, 3.8) is 0 Å². The van der Waals surface area contributed by atoms with Gasteiger partial charge in [0.15, 0.2) is 0 Å². The second kappa shape index (κ2) is 6.41. The molecule has 0 spiro atoms. The zero-order valence-electron chi connectivity index (χ0n) is 17.9. The number of ether oxygens (including phenoxy) is 4. The first-order valence-electron chi connectivity index (χ1n) is 10.2. The Hall–Kier alpha value is -3.68. The Morgan fingerprint density at radius 2 is 1.12 bits per heavy atom. The summed E-state index contributed by atoms with van der Waals surface area (Å²) in [7, 11) is 0. The van der Waals surface area contributed by atoms with Crippen LogP contribution in [-0.2, 0) is 30.0 Å². The molecule has 1 fully saturated rings. The van der Waals surface area contributed by atoms with Crippen molar-refractivity contribution in [2.75, 3.05) is 0 Å². The van der Waals surface area contributed by atoms with E-state index in [-0.39, 0.29) is 11.5 Å². The molecule has 0 amide bonds. The molecular formula is C24H20O8. The van der Waals surface area contributed by atoms with Gasteiger partial charge in [-0.2, -0.15) is 0 Å². The largest absolute Gasteiger partial charge is 0.427 e. The minimum Gasteiger partial charge on any atom is -0.427 e. The molecule has 2 aromatic rings. The molecule has 0 bridgehead atoms. The lowest BCUT2D eigenvalue weighted by Crippen LogP contribution is -2.75. The minimum absolute atomic E-state index is 0.265. The van der Waals surface area contributed by atoms with Crippen molar-refractivity contribution >= 4 is 23.9 Å². The fourth-order valence-electron chi connectivity index (χ4n) is 5.69. The van der Waals surface area contributed by atoms with Crippen LogP contribution in [0, 0.1) is 11.8 Å². The highest BCUT2D eigenvalue weighted by atomic mass is 16.6. The molecule has 4 atom stereocenters. The van der Waals surface area contributed by atoms with Gasteiger partial charge in [0.2, 0.25) is 0 Å². The topological polar surface area (TPSA) is 105 Å². The molecule has 164 valence electrons. The van der Waals surface area contributed by atoms with Gasteiger partial charge >= 0.3 is 23.9 Å². The van der Waals surface area contributed by atoms with Crippen LogP contribution in [0.25, 0.3) is 0 Å². The molecule has 0 aromatic heterocycles. The van der Waals surface area contributed by atoms with Gasteiger partial charge < -0.3 is 18.9 Å². The molecule has 1 saturated carbocycles. The summed E-state index contributed by atoms with van der Waals surface area (Å²) in [4.78, 5) is 48.6. The van der Waals surface area contributed by atoms with Crippen LogP contribution in [0.5, 0.6) is 23.0 Å². The summed E-state index contributed by atoms with van der Waals surface area (Å²) in [6.45, 7) is 6.44. The molecule has 3 aliphatic rings. The van der Waals surface area contributed by atoms with Crippen molar-refractivity contribution < 1.29 is 38.1 Å². The zero-order chi connectivity index (χ0) is 23.0. The number of fused-ring (bicyclic) bond motifs is 8. The van der Waals surface area contributed by atoms with Crippen LogP contribution in [-0.4, -0.2) is 23.9 Å². The summed E-state index contributed by atoms with van der Waals surface area (Å²) >= 11 is 0. The lowest BCUT2D eigenvalue weighted by Gasteiger charge is -2.67. The highest BCUT2D eigenvalue weighted by Crippen LogP contribution is 2.71. The average molecular weight is 436 g/mol. The molecule has 2 heterocycles. The smallest absolute Gasteiger partial charge is 0.316 e. The summed E-state index contributed by atoms with van der Waals surface area (Å²) in [6, 6.07) is 9.84. The highest BCUT2D eigenvalue weighted by Gasteiger charge is 2.77. The molecule has 2 aliphatic heterocycles. The number of rotatable bonds is 2. The number of hydrogen-bond acceptors (Lipinski definition) is 8. The lowest BCUT2D eigenvalue weighted by molar-refractivity contribution is -0.186. The zero-order valence-corrected chi connectivity index (χ0v) is 17.9. The van der Waals surface area contributed by atoms with E-state index in [0.29, 0.717) is 11.5 Å². The predicted molar refractivity (Wildman–Crippen MR) is 108 cm³/mol. The van der Waals surface area contributed by atoms with E-state index in [1.807, 2.05) is 13.8 Å². The van der Waals surface area contributed by atoms with Crippen molar-refractivity contribution in [3.8, 4) is 23.0 Å². The van der Waals surface area contributed by atoms with Gasteiger partial charge in [0.05, 0.1) is 11.8 Å². The first kappa shape index (κ1) is 20.2. The monoisotopic (exact) mass is 436 g/mol. The Morgan fingerprint density at radius 1 is 0.750 bits per heavy atom. The third-order valence-electron chi connectivity index (χ3n) is 7.13. The van der Waals surface area contributed by atoms with Crippen LogP contribution in [0.1, 0.15) is 38.8 Å². The Labute approximate surface area is 183 Å². The van der Waals surface area contributed by atoms with E-state index < -0.39 is 46.5 Å². The molecule has 0 radical (unpaired) electrons. The summed E-state index contributed by atoms with van der Waals surface area (Å²) in [5.41, 5.74) is -0.0921. The van der Waals surface area contributed by atoms with Gasteiger partial charge in [-0.25, -0.2) is 0 Å². The van der Waals surface area contributed by atoms with Crippen molar-refractivity contribution in [1.82, 2.24) is 0 Å². The minimum atomic E-state index is -0.784. The van der Waals surface area contributed by atoms with Gasteiger partial charge in [-0.1, -0.05) is 26.0 Å². The van der Waals surface area contributed by atoms with Crippen LogP contribution in [0.4, 0.5) is 0 Å². The van der Waals surface area contributed by atoms with Crippen LogP contribution in [0.3, 0.4) is 0 Å². The second-order valence-corrected chi connectivity index (χ2v) is 8.71. The van der Waals surface area contributed by atoms with E-state index in [2.05, 4.69) is 0 Å². The average Bonchev–Trinajstić information content (AvgIpc) is 2.68. The number of carbonyl (C=O) groups is 4. The molecule has 32 heavy (non-hydrogen) atoms. The first-order valence-corrected chi connectivity index (χ1v) is 10.2. The molecule has 8 heteroatoms. The fraction of sp³-hybridized carbons (Fsp3) is 0.333. The number of esters is 4. The van der Waals surface area contributed by atoms with E-state index >= 15 is 0 Å². The maximum absolute atomic E-state index is 13.0. The third-order valence-corrected chi connectivity index (χ3v) is 7.13. The van der Waals surface area contributed by atoms with E-state index in [9.17, 15) is 19.2 Å². The van der Waals surface area contributed by atoms with Gasteiger partial charge in [-0.15, -0.1) is 0 Å². The maximum atomic E-state index is 13.0. The van der Waals surface area contributed by atoms with E-state index in [4.69, 9.17) is 18.9 Å². The SMILES string of the molecule is CC(=O)Oc1ccc2c(c1)OC(=O)C1C3C(=O)Oc4cc(OC(C)=O)ccc4C3(C)C21C. The van der Waals surface area contributed by atoms with Gasteiger partial charge in [0, 0.05) is 47.9 Å². The third kappa shape index (κ3) is 2.43. The summed E-state index contributed by atoms with van der Waals surface area (Å²) < 4.78 is 21.4.